The molecule has 1 fully saturated rings. The maximum atomic E-state index is 12.3. The highest BCUT2D eigenvalue weighted by molar-refractivity contribution is 7.19. The fourth-order valence-electron chi connectivity index (χ4n) is 4.06. The second-order valence-electron chi connectivity index (χ2n) is 7.57. The van der Waals surface area contributed by atoms with E-state index in [4.69, 9.17) is 19.4 Å². The van der Waals surface area contributed by atoms with Gasteiger partial charge in [0.1, 0.15) is 5.75 Å². The van der Waals surface area contributed by atoms with Crippen LogP contribution in [0, 0.1) is 0 Å². The average Bonchev–Trinajstić information content (AvgIpc) is 3.17. The van der Waals surface area contributed by atoms with Crippen LogP contribution in [0.4, 0.5) is 10.6 Å². The summed E-state index contributed by atoms with van der Waals surface area (Å²) in [5.41, 5.74) is 2.70. The number of amides is 1. The van der Waals surface area contributed by atoms with Crippen molar-refractivity contribution in [3.63, 3.8) is 0 Å². The number of morpholine rings is 1. The lowest BCUT2D eigenvalue weighted by molar-refractivity contribution is 0.103. The van der Waals surface area contributed by atoms with E-state index in [0.29, 0.717) is 38.7 Å². The Morgan fingerprint density at radius 1 is 1.26 bits per heavy atom. The Balaban J connectivity index is 1.64. The van der Waals surface area contributed by atoms with Crippen LogP contribution >= 0.6 is 11.3 Å². The summed E-state index contributed by atoms with van der Waals surface area (Å²) in [4.78, 5) is 27.4. The second-order valence-corrected chi connectivity index (χ2v) is 8.68. The molecular weight excluding hydrogens is 416 g/mol. The number of benzene rings is 1. The third kappa shape index (κ3) is 3.79. The summed E-state index contributed by atoms with van der Waals surface area (Å²) in [7, 11) is 0. The molecule has 162 valence electrons. The zero-order valence-corrected chi connectivity index (χ0v) is 18.2. The van der Waals surface area contributed by atoms with E-state index in [-0.39, 0.29) is 11.8 Å². The summed E-state index contributed by atoms with van der Waals surface area (Å²) < 4.78 is 11.8. The standard InChI is InChI=1S/C22H24N4O4S/c1-2-30-22(28)26-7-6-17-16(13-26)18-19(31-17)21(25-8-10-29-11-9-25)24-20(23-18)14-4-3-5-15(27)12-14/h3-5,12,27H,2,6-11,13H2,1H3. The Kier molecular flexibility index (Phi) is 5.37. The molecule has 0 atom stereocenters. The van der Waals surface area contributed by atoms with Crippen LogP contribution < -0.4 is 4.90 Å². The number of nitrogens with zero attached hydrogens (tertiary/aromatic N) is 4. The molecule has 0 radical (unpaired) electrons. The third-order valence-corrected chi connectivity index (χ3v) is 6.87. The van der Waals surface area contributed by atoms with Crippen LogP contribution in [0.15, 0.2) is 24.3 Å². The van der Waals surface area contributed by atoms with Crippen LogP contribution in [0.25, 0.3) is 21.6 Å². The molecule has 9 heteroatoms. The number of thiophene rings is 1. The number of hydrogen-bond acceptors (Lipinski definition) is 8. The monoisotopic (exact) mass is 440 g/mol. The van der Waals surface area contributed by atoms with Gasteiger partial charge in [0.15, 0.2) is 11.6 Å². The predicted molar refractivity (Wildman–Crippen MR) is 119 cm³/mol. The number of aromatic nitrogens is 2. The molecule has 8 nitrogen and oxygen atoms in total. The van der Waals surface area contributed by atoms with Gasteiger partial charge in [-0.2, -0.15) is 0 Å². The highest BCUT2D eigenvalue weighted by Crippen LogP contribution is 2.40. The molecule has 0 aliphatic carbocycles. The molecule has 3 aromatic rings. The maximum absolute atomic E-state index is 12.3. The number of phenolic OH excluding ortho intramolecular Hbond substituents is 1. The van der Waals surface area contributed by atoms with E-state index in [1.165, 1.54) is 4.88 Å². The van der Waals surface area contributed by atoms with E-state index in [1.807, 2.05) is 13.0 Å². The van der Waals surface area contributed by atoms with E-state index in [9.17, 15) is 9.90 Å². The van der Waals surface area contributed by atoms with Crippen molar-refractivity contribution in [3.05, 3.63) is 34.7 Å². The van der Waals surface area contributed by atoms with Gasteiger partial charge >= 0.3 is 6.09 Å². The number of anilines is 1. The smallest absolute Gasteiger partial charge is 0.410 e. The second kappa shape index (κ2) is 8.32. The van der Waals surface area contributed by atoms with Gasteiger partial charge in [-0.1, -0.05) is 12.1 Å². The molecule has 0 bridgehead atoms. The first kappa shape index (κ1) is 20.0. The lowest BCUT2D eigenvalue weighted by Crippen LogP contribution is -2.37. The summed E-state index contributed by atoms with van der Waals surface area (Å²) in [5, 5.41) is 9.97. The molecule has 1 saturated heterocycles. The quantitative estimate of drug-likeness (QED) is 0.668. The minimum atomic E-state index is -0.289. The minimum absolute atomic E-state index is 0.176. The largest absolute Gasteiger partial charge is 0.508 e. The highest BCUT2D eigenvalue weighted by atomic mass is 32.1. The van der Waals surface area contributed by atoms with Crippen molar-refractivity contribution in [1.82, 2.24) is 14.9 Å². The number of carbonyl (C=O) groups is 1. The number of fused-ring (bicyclic) bond motifs is 3. The number of rotatable bonds is 3. The summed E-state index contributed by atoms with van der Waals surface area (Å²) in [6.45, 7) is 6.15. The van der Waals surface area contributed by atoms with Crippen LogP contribution in [0.3, 0.4) is 0 Å². The third-order valence-electron chi connectivity index (χ3n) is 5.59. The van der Waals surface area contributed by atoms with Gasteiger partial charge in [0.05, 0.1) is 36.6 Å². The van der Waals surface area contributed by atoms with E-state index in [2.05, 4.69) is 4.90 Å². The molecule has 1 N–H and O–H groups in total. The van der Waals surface area contributed by atoms with Gasteiger partial charge in [0, 0.05) is 35.6 Å². The van der Waals surface area contributed by atoms with Gasteiger partial charge in [0.25, 0.3) is 0 Å². The molecule has 5 rings (SSSR count). The van der Waals surface area contributed by atoms with Crippen molar-refractivity contribution in [2.24, 2.45) is 0 Å². The van der Waals surface area contributed by atoms with Crippen molar-refractivity contribution < 1.29 is 19.4 Å². The van der Waals surface area contributed by atoms with Crippen molar-refractivity contribution in [2.45, 2.75) is 19.9 Å². The van der Waals surface area contributed by atoms with Crippen LogP contribution in [-0.4, -0.2) is 65.5 Å². The van der Waals surface area contributed by atoms with Crippen LogP contribution in [0.2, 0.25) is 0 Å². The molecule has 2 aliphatic rings. The molecule has 0 spiro atoms. The number of phenols is 1. The fourth-order valence-corrected chi connectivity index (χ4v) is 5.32. The number of hydrogen-bond donors (Lipinski definition) is 1. The Morgan fingerprint density at radius 3 is 2.87 bits per heavy atom. The first-order valence-electron chi connectivity index (χ1n) is 10.5. The van der Waals surface area contributed by atoms with E-state index in [1.54, 1.807) is 34.4 Å². The normalized spacial score (nSPS) is 16.4. The number of ether oxygens (including phenoxy) is 2. The molecule has 0 unspecified atom stereocenters. The van der Waals surface area contributed by atoms with Crippen LogP contribution in [-0.2, 0) is 22.4 Å². The van der Waals surface area contributed by atoms with Gasteiger partial charge < -0.3 is 24.4 Å². The molecule has 0 saturated carbocycles. The first-order valence-corrected chi connectivity index (χ1v) is 11.3. The van der Waals surface area contributed by atoms with Crippen molar-refractivity contribution in [2.75, 3.05) is 44.4 Å². The molecule has 31 heavy (non-hydrogen) atoms. The molecule has 1 amide bonds. The van der Waals surface area contributed by atoms with E-state index < -0.39 is 0 Å². The lowest BCUT2D eigenvalue weighted by Gasteiger charge is -2.28. The summed E-state index contributed by atoms with van der Waals surface area (Å²) >= 11 is 1.72. The van der Waals surface area contributed by atoms with Crippen molar-refractivity contribution in [3.8, 4) is 17.1 Å². The summed E-state index contributed by atoms with van der Waals surface area (Å²) in [5.74, 6) is 1.64. The minimum Gasteiger partial charge on any atom is -0.508 e. The van der Waals surface area contributed by atoms with Gasteiger partial charge in [-0.25, -0.2) is 14.8 Å². The zero-order chi connectivity index (χ0) is 21.4. The molecule has 1 aromatic carbocycles. The van der Waals surface area contributed by atoms with Gasteiger partial charge in [0.2, 0.25) is 0 Å². The predicted octanol–water partition coefficient (Wildman–Crippen LogP) is 3.42. The highest BCUT2D eigenvalue weighted by Gasteiger charge is 2.29. The SMILES string of the molecule is CCOC(=O)N1CCc2sc3c(N4CCOCC4)nc(-c4cccc(O)c4)nc3c2C1. The first-order chi connectivity index (χ1) is 15.1. The Labute approximate surface area is 184 Å². The lowest BCUT2D eigenvalue weighted by atomic mass is 10.1. The molecule has 2 aromatic heterocycles. The Bertz CT molecular complexity index is 1130. The Hall–Kier alpha value is -2.91. The number of carbonyl (C=O) groups excluding carboxylic acids is 1. The van der Waals surface area contributed by atoms with Crippen molar-refractivity contribution in [1.29, 1.82) is 0 Å². The Morgan fingerprint density at radius 2 is 2.10 bits per heavy atom. The van der Waals surface area contributed by atoms with Crippen LogP contribution in [0.5, 0.6) is 5.75 Å². The van der Waals surface area contributed by atoms with E-state index in [0.717, 1.165) is 46.7 Å². The maximum Gasteiger partial charge on any atom is 0.410 e. The molecular formula is C22H24N4O4S. The molecule has 2 aliphatic heterocycles. The van der Waals surface area contributed by atoms with Crippen LogP contribution in [0.1, 0.15) is 17.4 Å². The fraction of sp³-hybridized carbons (Fsp3) is 0.409. The van der Waals surface area contributed by atoms with Gasteiger partial charge in [-0.3, -0.25) is 0 Å². The number of aromatic hydroxyl groups is 1. The summed E-state index contributed by atoms with van der Waals surface area (Å²) in [6, 6.07) is 6.99. The van der Waals surface area contributed by atoms with E-state index >= 15 is 0 Å². The average molecular weight is 441 g/mol. The van der Waals surface area contributed by atoms with Crippen molar-refractivity contribution >= 4 is 33.5 Å². The van der Waals surface area contributed by atoms with Gasteiger partial charge in [-0.05, 0) is 25.5 Å². The molecule has 4 heterocycles. The topological polar surface area (TPSA) is 88.0 Å². The summed E-state index contributed by atoms with van der Waals surface area (Å²) in [6.07, 6.45) is 0.488. The van der Waals surface area contributed by atoms with Gasteiger partial charge in [-0.15, -0.1) is 11.3 Å². The zero-order valence-electron chi connectivity index (χ0n) is 17.3.